The summed E-state index contributed by atoms with van der Waals surface area (Å²) in [6.45, 7) is 9.22. The molecule has 7 heteroatoms. The number of rotatable bonds is 7. The zero-order valence-corrected chi connectivity index (χ0v) is 17.3. The number of piperazine rings is 1. The third-order valence-corrected chi connectivity index (χ3v) is 6.29. The number of thiophene rings is 1. The van der Waals surface area contributed by atoms with E-state index < -0.39 is 0 Å². The van der Waals surface area contributed by atoms with Gasteiger partial charge in [-0.1, -0.05) is 18.9 Å². The normalized spacial score (nSPS) is 19.4. The molecule has 1 saturated heterocycles. The standard InChI is InChI=1S/C20H33N5OS/c1-2-21-20(23-16-18-8-5-15-27-18)22-9-10-24-11-13-25(14-12-24)19(26)17-6-3-4-7-17/h5,8,15,17H,2-4,6-7,9-14,16H2,1H3,(H2,21,22,23). The molecule has 2 heterocycles. The van der Waals surface area contributed by atoms with Gasteiger partial charge in [0.1, 0.15) is 0 Å². The Labute approximate surface area is 167 Å². The van der Waals surface area contributed by atoms with E-state index in [0.717, 1.165) is 71.2 Å². The Morgan fingerprint density at radius 2 is 2.00 bits per heavy atom. The highest BCUT2D eigenvalue weighted by molar-refractivity contribution is 7.09. The summed E-state index contributed by atoms with van der Waals surface area (Å²) in [5, 5.41) is 8.82. The molecule has 1 saturated carbocycles. The van der Waals surface area contributed by atoms with Gasteiger partial charge in [-0.05, 0) is 31.2 Å². The maximum Gasteiger partial charge on any atom is 0.225 e. The predicted molar refractivity (Wildman–Crippen MR) is 112 cm³/mol. The lowest BCUT2D eigenvalue weighted by Crippen LogP contribution is -2.51. The number of carbonyl (C=O) groups excluding carboxylic acids is 1. The SMILES string of the molecule is CCNC(=NCc1cccs1)NCCN1CCN(C(=O)C2CCCC2)CC1. The predicted octanol–water partition coefficient (Wildman–Crippen LogP) is 2.14. The van der Waals surface area contributed by atoms with Crippen LogP contribution in [0.5, 0.6) is 0 Å². The Morgan fingerprint density at radius 1 is 1.22 bits per heavy atom. The first kappa shape index (κ1) is 20.1. The number of nitrogens with zero attached hydrogens (tertiary/aromatic N) is 3. The Hall–Kier alpha value is -1.60. The number of nitrogens with one attached hydrogen (secondary N) is 2. The topological polar surface area (TPSA) is 60.0 Å². The van der Waals surface area contributed by atoms with Crippen molar-refractivity contribution < 1.29 is 4.79 Å². The molecule has 2 fully saturated rings. The molecule has 0 radical (unpaired) electrons. The van der Waals surface area contributed by atoms with Gasteiger partial charge in [0.25, 0.3) is 0 Å². The molecule has 3 rings (SSSR count). The highest BCUT2D eigenvalue weighted by Gasteiger charge is 2.29. The second-order valence-corrected chi connectivity index (χ2v) is 8.38. The van der Waals surface area contributed by atoms with Crippen LogP contribution in [0, 0.1) is 5.92 Å². The number of hydrogen-bond donors (Lipinski definition) is 2. The molecule has 0 aromatic carbocycles. The minimum atomic E-state index is 0.306. The van der Waals surface area contributed by atoms with Gasteiger partial charge in [-0.25, -0.2) is 4.99 Å². The summed E-state index contributed by atoms with van der Waals surface area (Å²) in [6, 6.07) is 4.18. The van der Waals surface area contributed by atoms with Crippen molar-refractivity contribution in [2.45, 2.75) is 39.2 Å². The minimum Gasteiger partial charge on any atom is -0.357 e. The molecule has 150 valence electrons. The van der Waals surface area contributed by atoms with Crippen molar-refractivity contribution in [2.24, 2.45) is 10.9 Å². The van der Waals surface area contributed by atoms with Gasteiger partial charge in [0, 0.05) is 56.6 Å². The molecule has 0 bridgehead atoms. The fraction of sp³-hybridized carbons (Fsp3) is 0.700. The molecule has 0 atom stereocenters. The van der Waals surface area contributed by atoms with Crippen LogP contribution in [0.2, 0.25) is 0 Å². The van der Waals surface area contributed by atoms with Gasteiger partial charge in [0.2, 0.25) is 5.91 Å². The van der Waals surface area contributed by atoms with E-state index in [2.05, 4.69) is 49.9 Å². The number of carbonyl (C=O) groups is 1. The van der Waals surface area contributed by atoms with E-state index in [4.69, 9.17) is 0 Å². The number of guanidine groups is 1. The third-order valence-electron chi connectivity index (χ3n) is 5.43. The van der Waals surface area contributed by atoms with Gasteiger partial charge in [-0.2, -0.15) is 0 Å². The van der Waals surface area contributed by atoms with Crippen molar-refractivity contribution in [1.29, 1.82) is 0 Å². The fourth-order valence-corrected chi connectivity index (χ4v) is 4.48. The van der Waals surface area contributed by atoms with Crippen LogP contribution in [0.4, 0.5) is 0 Å². The van der Waals surface area contributed by atoms with Crippen molar-refractivity contribution in [3.05, 3.63) is 22.4 Å². The molecule has 1 aromatic rings. The second kappa shape index (κ2) is 10.7. The molecule has 1 aliphatic carbocycles. The number of hydrogen-bond acceptors (Lipinski definition) is 4. The summed E-state index contributed by atoms with van der Waals surface area (Å²) < 4.78 is 0. The van der Waals surface area contributed by atoms with E-state index in [-0.39, 0.29) is 0 Å². The van der Waals surface area contributed by atoms with Crippen LogP contribution in [-0.2, 0) is 11.3 Å². The third kappa shape index (κ3) is 6.21. The molecule has 1 aromatic heterocycles. The molecular weight excluding hydrogens is 358 g/mol. The summed E-state index contributed by atoms with van der Waals surface area (Å²) in [4.78, 5) is 23.0. The average molecular weight is 392 g/mol. The van der Waals surface area contributed by atoms with Crippen LogP contribution in [0.1, 0.15) is 37.5 Å². The number of aliphatic imine (C=N–C) groups is 1. The maximum atomic E-state index is 12.5. The summed E-state index contributed by atoms with van der Waals surface area (Å²) >= 11 is 1.74. The highest BCUT2D eigenvalue weighted by atomic mass is 32.1. The van der Waals surface area contributed by atoms with E-state index in [1.165, 1.54) is 17.7 Å². The Balaban J connectivity index is 1.36. The van der Waals surface area contributed by atoms with Crippen molar-refractivity contribution in [3.8, 4) is 0 Å². The Bertz CT molecular complexity index is 590. The first-order valence-corrected chi connectivity index (χ1v) is 11.2. The van der Waals surface area contributed by atoms with Crippen molar-refractivity contribution in [1.82, 2.24) is 20.4 Å². The molecule has 27 heavy (non-hydrogen) atoms. The highest BCUT2D eigenvalue weighted by Crippen LogP contribution is 2.26. The first-order chi connectivity index (χ1) is 13.3. The van der Waals surface area contributed by atoms with Crippen LogP contribution < -0.4 is 10.6 Å². The average Bonchev–Trinajstić information content (AvgIpc) is 3.40. The smallest absolute Gasteiger partial charge is 0.225 e. The van der Waals surface area contributed by atoms with Crippen molar-refractivity contribution in [2.75, 3.05) is 45.8 Å². The van der Waals surface area contributed by atoms with E-state index in [9.17, 15) is 4.79 Å². The molecule has 0 spiro atoms. The van der Waals surface area contributed by atoms with Crippen LogP contribution in [0.15, 0.2) is 22.5 Å². The van der Waals surface area contributed by atoms with E-state index >= 15 is 0 Å². The van der Waals surface area contributed by atoms with E-state index in [1.54, 1.807) is 11.3 Å². The van der Waals surface area contributed by atoms with Gasteiger partial charge in [0.05, 0.1) is 6.54 Å². The quantitative estimate of drug-likeness (QED) is 0.552. The zero-order valence-electron chi connectivity index (χ0n) is 16.5. The van der Waals surface area contributed by atoms with Crippen LogP contribution in [0.25, 0.3) is 0 Å². The lowest BCUT2D eigenvalue weighted by molar-refractivity contribution is -0.137. The van der Waals surface area contributed by atoms with Crippen LogP contribution in [-0.4, -0.2) is 67.5 Å². The second-order valence-electron chi connectivity index (χ2n) is 7.35. The molecule has 2 N–H and O–H groups in total. The summed E-state index contributed by atoms with van der Waals surface area (Å²) in [6.07, 6.45) is 4.65. The molecular formula is C20H33N5OS. The van der Waals surface area contributed by atoms with E-state index in [1.807, 2.05) is 0 Å². The molecule has 0 unspecified atom stereocenters. The van der Waals surface area contributed by atoms with Gasteiger partial charge in [0.15, 0.2) is 5.96 Å². The van der Waals surface area contributed by atoms with E-state index in [0.29, 0.717) is 11.8 Å². The largest absolute Gasteiger partial charge is 0.357 e. The molecule has 2 aliphatic rings. The zero-order chi connectivity index (χ0) is 18.9. The van der Waals surface area contributed by atoms with Crippen molar-refractivity contribution >= 4 is 23.2 Å². The molecule has 1 aliphatic heterocycles. The fourth-order valence-electron chi connectivity index (χ4n) is 3.86. The summed E-state index contributed by atoms with van der Waals surface area (Å²) in [5.74, 6) is 1.59. The number of amides is 1. The van der Waals surface area contributed by atoms with Crippen LogP contribution >= 0.6 is 11.3 Å². The van der Waals surface area contributed by atoms with Gasteiger partial charge < -0.3 is 15.5 Å². The molecule has 6 nitrogen and oxygen atoms in total. The first-order valence-electron chi connectivity index (χ1n) is 10.3. The van der Waals surface area contributed by atoms with Gasteiger partial charge >= 0.3 is 0 Å². The van der Waals surface area contributed by atoms with Gasteiger partial charge in [-0.3, -0.25) is 9.69 Å². The monoisotopic (exact) mass is 391 g/mol. The lowest BCUT2D eigenvalue weighted by atomic mass is 10.1. The Kier molecular flexibility index (Phi) is 7.95. The van der Waals surface area contributed by atoms with Crippen LogP contribution in [0.3, 0.4) is 0 Å². The minimum absolute atomic E-state index is 0.306. The lowest BCUT2D eigenvalue weighted by Gasteiger charge is -2.36. The van der Waals surface area contributed by atoms with Gasteiger partial charge in [-0.15, -0.1) is 11.3 Å². The summed E-state index contributed by atoms with van der Waals surface area (Å²) in [7, 11) is 0. The van der Waals surface area contributed by atoms with Crippen molar-refractivity contribution in [3.63, 3.8) is 0 Å². The Morgan fingerprint density at radius 3 is 2.67 bits per heavy atom. The maximum absolute atomic E-state index is 12.5. The summed E-state index contributed by atoms with van der Waals surface area (Å²) in [5.41, 5.74) is 0. The molecule has 1 amide bonds.